The van der Waals surface area contributed by atoms with Gasteiger partial charge in [0.25, 0.3) is 0 Å². The van der Waals surface area contributed by atoms with Crippen LogP contribution in [0.3, 0.4) is 0 Å². The SMILES string of the molecule is COCCNc1c(F)cccc1NCC(O)CCl. The Morgan fingerprint density at radius 2 is 2.22 bits per heavy atom. The molecule has 0 aliphatic rings. The molecule has 0 radical (unpaired) electrons. The maximum atomic E-state index is 13.7. The van der Waals surface area contributed by atoms with Crippen molar-refractivity contribution in [1.82, 2.24) is 0 Å². The molecule has 1 rings (SSSR count). The Balaban J connectivity index is 2.67. The van der Waals surface area contributed by atoms with Crippen LogP contribution in [0.2, 0.25) is 0 Å². The Morgan fingerprint density at radius 1 is 1.44 bits per heavy atom. The molecule has 1 unspecified atom stereocenters. The number of rotatable bonds is 8. The standard InChI is InChI=1S/C12H18ClFN2O2/c1-18-6-5-15-12-10(14)3-2-4-11(12)16-8-9(17)7-13/h2-4,9,15-17H,5-8H2,1H3. The summed E-state index contributed by atoms with van der Waals surface area (Å²) in [6.45, 7) is 1.26. The van der Waals surface area contributed by atoms with Gasteiger partial charge in [0, 0.05) is 20.2 Å². The number of hydrogen-bond donors (Lipinski definition) is 3. The summed E-state index contributed by atoms with van der Waals surface area (Å²) in [5, 5.41) is 15.3. The number of alkyl halides is 1. The van der Waals surface area contributed by atoms with Gasteiger partial charge in [-0.05, 0) is 12.1 Å². The Kier molecular flexibility index (Phi) is 6.78. The molecule has 0 saturated heterocycles. The highest BCUT2D eigenvalue weighted by molar-refractivity contribution is 6.18. The first-order chi connectivity index (χ1) is 8.69. The number of methoxy groups -OCH3 is 1. The van der Waals surface area contributed by atoms with E-state index in [1.165, 1.54) is 6.07 Å². The van der Waals surface area contributed by atoms with Gasteiger partial charge < -0.3 is 20.5 Å². The largest absolute Gasteiger partial charge is 0.390 e. The molecule has 0 heterocycles. The Bertz CT molecular complexity index is 366. The fourth-order valence-electron chi connectivity index (χ4n) is 1.41. The Morgan fingerprint density at radius 3 is 2.89 bits per heavy atom. The molecule has 0 aromatic heterocycles. The minimum atomic E-state index is -0.665. The van der Waals surface area contributed by atoms with Gasteiger partial charge in [-0.1, -0.05) is 6.07 Å². The van der Waals surface area contributed by atoms with E-state index in [1.807, 2.05) is 0 Å². The van der Waals surface area contributed by atoms with Gasteiger partial charge in [-0.3, -0.25) is 0 Å². The number of para-hydroxylation sites is 1. The summed E-state index contributed by atoms with van der Waals surface area (Å²) >= 11 is 5.50. The lowest BCUT2D eigenvalue weighted by Crippen LogP contribution is -2.21. The van der Waals surface area contributed by atoms with Crippen molar-refractivity contribution >= 4 is 23.0 Å². The van der Waals surface area contributed by atoms with E-state index < -0.39 is 6.10 Å². The van der Waals surface area contributed by atoms with Gasteiger partial charge in [0.05, 0.1) is 30.0 Å². The first-order valence-corrected chi connectivity index (χ1v) is 6.21. The molecular weight excluding hydrogens is 259 g/mol. The van der Waals surface area contributed by atoms with Gasteiger partial charge in [-0.25, -0.2) is 4.39 Å². The fourth-order valence-corrected chi connectivity index (χ4v) is 1.52. The molecule has 1 atom stereocenters. The first kappa shape index (κ1) is 15.0. The van der Waals surface area contributed by atoms with E-state index in [4.69, 9.17) is 16.3 Å². The molecule has 0 amide bonds. The van der Waals surface area contributed by atoms with Crippen LogP contribution in [0.1, 0.15) is 0 Å². The molecule has 4 nitrogen and oxygen atoms in total. The van der Waals surface area contributed by atoms with Gasteiger partial charge in [-0.15, -0.1) is 11.6 Å². The second-order valence-corrected chi connectivity index (χ2v) is 4.08. The summed E-state index contributed by atoms with van der Waals surface area (Å²) in [5.74, 6) is -0.217. The average Bonchev–Trinajstić information content (AvgIpc) is 2.38. The van der Waals surface area contributed by atoms with Crippen molar-refractivity contribution < 1.29 is 14.2 Å². The number of ether oxygens (including phenoxy) is 1. The summed E-state index contributed by atoms with van der Waals surface area (Å²) in [5.41, 5.74) is 0.964. The lowest BCUT2D eigenvalue weighted by atomic mass is 10.2. The molecule has 0 aliphatic carbocycles. The molecule has 0 fully saturated rings. The first-order valence-electron chi connectivity index (χ1n) is 5.68. The second-order valence-electron chi connectivity index (χ2n) is 3.77. The molecule has 102 valence electrons. The maximum Gasteiger partial charge on any atom is 0.148 e. The van der Waals surface area contributed by atoms with E-state index in [2.05, 4.69) is 10.6 Å². The predicted octanol–water partition coefficient (Wildman–Crippen LogP) is 1.90. The lowest BCUT2D eigenvalue weighted by Gasteiger charge is -2.16. The van der Waals surface area contributed by atoms with Crippen molar-refractivity contribution in [1.29, 1.82) is 0 Å². The van der Waals surface area contributed by atoms with E-state index in [-0.39, 0.29) is 18.2 Å². The van der Waals surface area contributed by atoms with Gasteiger partial charge in [0.2, 0.25) is 0 Å². The number of hydrogen-bond acceptors (Lipinski definition) is 4. The van der Waals surface area contributed by atoms with E-state index in [1.54, 1.807) is 19.2 Å². The Hall–Kier alpha value is -1.04. The molecule has 1 aromatic carbocycles. The van der Waals surface area contributed by atoms with Crippen molar-refractivity contribution in [2.24, 2.45) is 0 Å². The zero-order valence-corrected chi connectivity index (χ0v) is 11.0. The van der Waals surface area contributed by atoms with Crippen molar-refractivity contribution in [3.8, 4) is 0 Å². The normalized spacial score (nSPS) is 12.2. The summed E-state index contributed by atoms with van der Waals surface area (Å²) in [6.07, 6.45) is -0.665. The van der Waals surface area contributed by atoms with Crippen LogP contribution in [0.5, 0.6) is 0 Å². The van der Waals surface area contributed by atoms with Crippen LogP contribution in [0.15, 0.2) is 18.2 Å². The molecular formula is C12H18ClFN2O2. The van der Waals surface area contributed by atoms with Crippen LogP contribution in [-0.2, 0) is 4.74 Å². The van der Waals surface area contributed by atoms with Crippen molar-refractivity contribution in [3.05, 3.63) is 24.0 Å². The van der Waals surface area contributed by atoms with Gasteiger partial charge >= 0.3 is 0 Å². The van der Waals surface area contributed by atoms with Crippen molar-refractivity contribution in [2.75, 3.05) is 43.3 Å². The van der Waals surface area contributed by atoms with E-state index in [0.717, 1.165) is 0 Å². The third-order valence-corrected chi connectivity index (χ3v) is 2.68. The highest BCUT2D eigenvalue weighted by Crippen LogP contribution is 2.24. The van der Waals surface area contributed by atoms with Crippen LogP contribution in [0, 0.1) is 5.82 Å². The van der Waals surface area contributed by atoms with Crippen LogP contribution in [0.25, 0.3) is 0 Å². The minimum absolute atomic E-state index is 0.134. The van der Waals surface area contributed by atoms with Crippen molar-refractivity contribution in [3.63, 3.8) is 0 Å². The summed E-state index contributed by atoms with van der Waals surface area (Å²) in [6, 6.07) is 4.71. The highest BCUT2D eigenvalue weighted by atomic mass is 35.5. The lowest BCUT2D eigenvalue weighted by molar-refractivity contribution is 0.210. The average molecular weight is 277 g/mol. The van der Waals surface area contributed by atoms with Crippen LogP contribution in [0.4, 0.5) is 15.8 Å². The molecule has 1 aromatic rings. The number of benzene rings is 1. The van der Waals surface area contributed by atoms with Gasteiger partial charge in [-0.2, -0.15) is 0 Å². The number of nitrogens with one attached hydrogen (secondary N) is 2. The number of halogens is 2. The molecule has 0 bridgehead atoms. The third kappa shape index (κ3) is 4.68. The topological polar surface area (TPSA) is 53.5 Å². The number of anilines is 2. The molecule has 0 spiro atoms. The van der Waals surface area contributed by atoms with Gasteiger partial charge in [0.15, 0.2) is 0 Å². The van der Waals surface area contributed by atoms with E-state index >= 15 is 0 Å². The van der Waals surface area contributed by atoms with E-state index in [0.29, 0.717) is 24.5 Å². The van der Waals surface area contributed by atoms with Gasteiger partial charge in [0.1, 0.15) is 5.82 Å². The molecule has 0 aliphatic heterocycles. The predicted molar refractivity (Wildman–Crippen MR) is 72.0 cm³/mol. The van der Waals surface area contributed by atoms with E-state index in [9.17, 15) is 9.50 Å². The third-order valence-electron chi connectivity index (χ3n) is 2.33. The number of aliphatic hydroxyl groups is 1. The molecule has 18 heavy (non-hydrogen) atoms. The van der Waals surface area contributed by atoms with Crippen LogP contribution < -0.4 is 10.6 Å². The fraction of sp³-hybridized carbons (Fsp3) is 0.500. The quantitative estimate of drug-likeness (QED) is 0.501. The molecule has 6 heteroatoms. The maximum absolute atomic E-state index is 13.7. The smallest absolute Gasteiger partial charge is 0.148 e. The summed E-state index contributed by atoms with van der Waals surface area (Å²) in [7, 11) is 1.58. The van der Waals surface area contributed by atoms with Crippen LogP contribution >= 0.6 is 11.6 Å². The van der Waals surface area contributed by atoms with Crippen molar-refractivity contribution in [2.45, 2.75) is 6.10 Å². The second kappa shape index (κ2) is 8.13. The zero-order valence-electron chi connectivity index (χ0n) is 10.2. The Labute approximate surface area is 111 Å². The zero-order chi connectivity index (χ0) is 13.4. The monoisotopic (exact) mass is 276 g/mol. The summed E-state index contributed by atoms with van der Waals surface area (Å²) in [4.78, 5) is 0. The molecule has 3 N–H and O–H groups in total. The summed E-state index contributed by atoms with van der Waals surface area (Å²) < 4.78 is 18.5. The minimum Gasteiger partial charge on any atom is -0.390 e. The molecule has 0 saturated carbocycles. The number of aliphatic hydroxyl groups excluding tert-OH is 1. The highest BCUT2D eigenvalue weighted by Gasteiger charge is 2.09. The van der Waals surface area contributed by atoms with Crippen LogP contribution in [-0.4, -0.2) is 43.9 Å².